The first-order valence-electron chi connectivity index (χ1n) is 17.8. The Morgan fingerprint density at radius 3 is 2.40 bits per heavy atom. The Kier molecular flexibility index (Phi) is 9.61. The van der Waals surface area contributed by atoms with E-state index in [0.29, 0.717) is 41.6 Å². The molecule has 0 spiro atoms. The summed E-state index contributed by atoms with van der Waals surface area (Å²) < 4.78 is 30.7. The zero-order chi connectivity index (χ0) is 36.4. The fourth-order valence-corrected chi connectivity index (χ4v) is 8.72. The Bertz CT molecular complexity index is 1610. The fourth-order valence-electron chi connectivity index (χ4n) is 8.14. The first-order chi connectivity index (χ1) is 23.2. The van der Waals surface area contributed by atoms with Crippen molar-refractivity contribution in [2.75, 3.05) is 13.1 Å². The van der Waals surface area contributed by atoms with Gasteiger partial charge in [0.2, 0.25) is 0 Å². The molecule has 2 aromatic rings. The lowest BCUT2D eigenvalue weighted by Gasteiger charge is -2.64. The molecule has 5 atom stereocenters. The van der Waals surface area contributed by atoms with Crippen LogP contribution in [-0.2, 0) is 30.0 Å². The molecule has 1 N–H and O–H groups in total. The first-order valence-corrected chi connectivity index (χ1v) is 18.7. The molecule has 3 aliphatic carbocycles. The van der Waals surface area contributed by atoms with Crippen LogP contribution in [0.2, 0.25) is 6.32 Å². The molecule has 7 rings (SSSR count). The number of aromatic nitrogens is 1. The number of amides is 2. The molecule has 2 saturated heterocycles. The van der Waals surface area contributed by atoms with Gasteiger partial charge in [-0.25, -0.2) is 14.6 Å². The third-order valence-corrected chi connectivity index (χ3v) is 11.5. The molecule has 2 amide bonds. The number of nitrogens with zero attached hydrogens (tertiary/aromatic N) is 2. The number of nitrogens with one attached hydrogen (secondary N) is 1. The van der Waals surface area contributed by atoms with Crippen LogP contribution in [0, 0.1) is 24.2 Å². The van der Waals surface area contributed by atoms with E-state index < -0.39 is 29.3 Å². The molecule has 1 aromatic carbocycles. The number of hydrogen-bond donors (Lipinski definition) is 1. The van der Waals surface area contributed by atoms with Gasteiger partial charge in [0.25, 0.3) is 5.91 Å². The van der Waals surface area contributed by atoms with Gasteiger partial charge in [-0.1, -0.05) is 19.9 Å². The predicted molar refractivity (Wildman–Crippen MR) is 190 cm³/mol. The highest BCUT2D eigenvalue weighted by Gasteiger charge is 2.67. The zero-order valence-electron chi connectivity index (χ0n) is 31.1. The second kappa shape index (κ2) is 13.1. The standard InChI is InChI=1S/C37H52BN3O8S/c1-21-22(13-14-38-48-28-16-23-15-27(36(23,8)9)37(28,10)49-38)11-12-26(29(21)32(43)46-34(2,3)4)45-24-17-41(18-24)31(42)30(25-19-50-20-39-25)40-33(44)47-35(5,6)7/h11-12,19-20,23-24,27-28,30H,13-18H2,1-10H3,(H,40,44)/t23-,27-,28+,30?,37-/m0/s1. The summed E-state index contributed by atoms with van der Waals surface area (Å²) in [5, 5.41) is 4.41. The number of esters is 1. The lowest BCUT2D eigenvalue weighted by molar-refractivity contribution is -0.199. The van der Waals surface area contributed by atoms with E-state index in [0.717, 1.165) is 17.5 Å². The van der Waals surface area contributed by atoms with Crippen LogP contribution in [0.1, 0.15) is 108 Å². The van der Waals surface area contributed by atoms with Crippen LogP contribution in [0.4, 0.5) is 4.79 Å². The normalized spacial score (nSPS) is 26.3. The molecule has 11 nitrogen and oxygen atoms in total. The number of carbonyl (C=O) groups excluding carboxylic acids is 3. The predicted octanol–water partition coefficient (Wildman–Crippen LogP) is 6.53. The van der Waals surface area contributed by atoms with E-state index in [1.54, 1.807) is 36.6 Å². The van der Waals surface area contributed by atoms with Crippen molar-refractivity contribution in [1.29, 1.82) is 0 Å². The van der Waals surface area contributed by atoms with Crippen LogP contribution < -0.4 is 10.1 Å². The Morgan fingerprint density at radius 1 is 1.08 bits per heavy atom. The highest BCUT2D eigenvalue weighted by molar-refractivity contribution is 7.07. The molecule has 3 heterocycles. The number of hydrogen-bond acceptors (Lipinski definition) is 10. The summed E-state index contributed by atoms with van der Waals surface area (Å²) in [6, 6.07) is 2.82. The number of alkyl carbamates (subject to hydrolysis) is 1. The van der Waals surface area contributed by atoms with Crippen molar-refractivity contribution in [3.8, 4) is 5.75 Å². The van der Waals surface area contributed by atoms with E-state index in [9.17, 15) is 14.4 Å². The van der Waals surface area contributed by atoms with Gasteiger partial charge in [0.1, 0.15) is 28.6 Å². The van der Waals surface area contributed by atoms with Gasteiger partial charge in [-0.15, -0.1) is 11.3 Å². The van der Waals surface area contributed by atoms with Gasteiger partial charge >= 0.3 is 19.2 Å². The van der Waals surface area contributed by atoms with Gasteiger partial charge in [-0.3, -0.25) is 4.79 Å². The summed E-state index contributed by atoms with van der Waals surface area (Å²) in [5.41, 5.74) is 2.82. The third kappa shape index (κ3) is 7.28. The maximum Gasteiger partial charge on any atom is 0.457 e. The summed E-state index contributed by atoms with van der Waals surface area (Å²) in [7, 11) is -0.295. The minimum atomic E-state index is -0.993. The van der Waals surface area contributed by atoms with Gasteiger partial charge in [-0.2, -0.15) is 0 Å². The second-order valence-electron chi connectivity index (χ2n) is 17.1. The summed E-state index contributed by atoms with van der Waals surface area (Å²) in [6.45, 7) is 20.2. The topological polar surface area (TPSA) is 126 Å². The molecule has 0 radical (unpaired) electrons. The van der Waals surface area contributed by atoms with Crippen molar-refractivity contribution < 1.29 is 37.9 Å². The van der Waals surface area contributed by atoms with Gasteiger partial charge in [0.15, 0.2) is 6.04 Å². The Hall–Kier alpha value is -3.16. The molecule has 272 valence electrons. The van der Waals surface area contributed by atoms with Crippen molar-refractivity contribution in [1.82, 2.24) is 15.2 Å². The number of thiazole rings is 1. The van der Waals surface area contributed by atoms with Gasteiger partial charge in [-0.05, 0) is 115 Å². The van der Waals surface area contributed by atoms with Crippen molar-refractivity contribution >= 4 is 36.4 Å². The Labute approximate surface area is 300 Å². The van der Waals surface area contributed by atoms with Crippen LogP contribution in [-0.4, -0.2) is 77.1 Å². The maximum atomic E-state index is 13.6. The second-order valence-corrected chi connectivity index (χ2v) is 17.9. The number of ether oxygens (including phenoxy) is 3. The highest BCUT2D eigenvalue weighted by atomic mass is 32.1. The van der Waals surface area contributed by atoms with Crippen molar-refractivity contribution in [2.45, 2.75) is 130 Å². The quantitative estimate of drug-likeness (QED) is 0.229. The van der Waals surface area contributed by atoms with Gasteiger partial charge < -0.3 is 33.7 Å². The molecule has 1 unspecified atom stereocenters. The van der Waals surface area contributed by atoms with E-state index in [1.165, 1.54) is 17.8 Å². The van der Waals surface area contributed by atoms with E-state index in [2.05, 4.69) is 31.1 Å². The number of carbonyl (C=O) groups is 3. The average molecular weight is 710 g/mol. The lowest BCUT2D eigenvalue weighted by atomic mass is 9.43. The zero-order valence-corrected chi connectivity index (χ0v) is 31.9. The van der Waals surface area contributed by atoms with E-state index in [-0.39, 0.29) is 49.3 Å². The van der Waals surface area contributed by atoms with Crippen LogP contribution in [0.15, 0.2) is 23.0 Å². The van der Waals surface area contributed by atoms with Crippen molar-refractivity contribution in [3.05, 3.63) is 45.4 Å². The molecule has 5 aliphatic rings. The summed E-state index contributed by atoms with van der Waals surface area (Å²) >= 11 is 1.34. The summed E-state index contributed by atoms with van der Waals surface area (Å²) in [6.07, 6.45) is 2.66. The smallest absolute Gasteiger partial charge is 0.457 e. The number of benzene rings is 1. The molecular formula is C37H52BN3O8S. The molecular weight excluding hydrogens is 657 g/mol. The number of rotatable bonds is 9. The number of aryl methyl sites for hydroxylation is 1. The Balaban J connectivity index is 1.12. The highest BCUT2D eigenvalue weighted by Crippen LogP contribution is 2.65. The molecule has 13 heteroatoms. The minimum absolute atomic E-state index is 0.122. The number of likely N-dealkylation sites (tertiary alicyclic amines) is 1. The molecule has 1 aromatic heterocycles. The summed E-state index contributed by atoms with van der Waals surface area (Å²) in [5.74, 6) is 0.824. The SMILES string of the molecule is Cc1c(CCB2O[C@@H]3C[C@@H]4C[C@@H](C4(C)C)[C@]3(C)O2)ccc(OC2CN(C(=O)C(NC(=O)OC(C)(C)C)c3cscn3)C2)c1C(=O)OC(C)(C)C. The average Bonchev–Trinajstić information content (AvgIpc) is 3.62. The van der Waals surface area contributed by atoms with Gasteiger partial charge in [0, 0.05) is 5.38 Å². The fraction of sp³-hybridized carbons (Fsp3) is 0.676. The minimum Gasteiger partial charge on any atom is -0.486 e. The van der Waals surface area contributed by atoms with Crippen LogP contribution >= 0.6 is 11.3 Å². The lowest BCUT2D eigenvalue weighted by Crippen LogP contribution is -2.65. The summed E-state index contributed by atoms with van der Waals surface area (Å²) in [4.78, 5) is 45.7. The van der Waals surface area contributed by atoms with Crippen molar-refractivity contribution in [2.24, 2.45) is 17.3 Å². The van der Waals surface area contributed by atoms with E-state index >= 15 is 0 Å². The van der Waals surface area contributed by atoms with Crippen LogP contribution in [0.3, 0.4) is 0 Å². The first kappa shape index (κ1) is 36.6. The van der Waals surface area contributed by atoms with E-state index in [4.69, 9.17) is 23.5 Å². The van der Waals surface area contributed by atoms with Crippen molar-refractivity contribution in [3.63, 3.8) is 0 Å². The molecule has 5 fully saturated rings. The molecule has 3 saturated carbocycles. The third-order valence-electron chi connectivity index (χ3n) is 10.9. The van der Waals surface area contributed by atoms with E-state index in [1.807, 2.05) is 39.8 Å². The molecule has 2 aliphatic heterocycles. The largest absolute Gasteiger partial charge is 0.486 e. The molecule has 50 heavy (non-hydrogen) atoms. The monoisotopic (exact) mass is 709 g/mol. The molecule has 2 bridgehead atoms. The Morgan fingerprint density at radius 2 is 1.78 bits per heavy atom. The van der Waals surface area contributed by atoms with Crippen LogP contribution in [0.5, 0.6) is 5.75 Å². The van der Waals surface area contributed by atoms with Crippen LogP contribution in [0.25, 0.3) is 0 Å². The maximum absolute atomic E-state index is 13.6. The van der Waals surface area contributed by atoms with Gasteiger partial charge in [0.05, 0.1) is 36.0 Å².